The van der Waals surface area contributed by atoms with Crippen molar-refractivity contribution in [2.75, 3.05) is 18.6 Å². The molecule has 0 fully saturated rings. The van der Waals surface area contributed by atoms with E-state index in [9.17, 15) is 4.79 Å². The molecule has 7 heteroatoms. The number of ether oxygens (including phenoxy) is 1. The second-order valence-corrected chi connectivity index (χ2v) is 6.79. The van der Waals surface area contributed by atoms with E-state index < -0.39 is 0 Å². The third kappa shape index (κ3) is 3.53. The molecule has 1 aromatic heterocycles. The average Bonchev–Trinajstić information content (AvgIpc) is 3.17. The van der Waals surface area contributed by atoms with Crippen LogP contribution in [-0.4, -0.2) is 29.8 Å². The van der Waals surface area contributed by atoms with Gasteiger partial charge in [0.2, 0.25) is 11.8 Å². The van der Waals surface area contributed by atoms with Crippen LogP contribution in [0.15, 0.2) is 52.9 Å². The summed E-state index contributed by atoms with van der Waals surface area (Å²) in [6.45, 7) is 1.18. The van der Waals surface area contributed by atoms with Crippen molar-refractivity contribution in [2.45, 2.75) is 18.9 Å². The van der Waals surface area contributed by atoms with Crippen molar-refractivity contribution in [2.24, 2.45) is 0 Å². The molecule has 1 aliphatic rings. The second kappa shape index (κ2) is 7.40. The van der Waals surface area contributed by atoms with E-state index in [1.807, 2.05) is 36.4 Å². The third-order valence-corrected chi connectivity index (χ3v) is 4.96. The summed E-state index contributed by atoms with van der Waals surface area (Å²) in [5.74, 6) is 0.533. The van der Waals surface area contributed by atoms with Gasteiger partial charge in [0.15, 0.2) is 0 Å². The predicted molar refractivity (Wildman–Crippen MR) is 102 cm³/mol. The third-order valence-electron chi connectivity index (χ3n) is 4.71. The highest BCUT2D eigenvalue weighted by atomic mass is 35.5. The average molecular weight is 384 g/mol. The Balaban J connectivity index is 1.56. The molecule has 6 nitrogen and oxygen atoms in total. The first kappa shape index (κ1) is 17.5. The first-order valence-electron chi connectivity index (χ1n) is 8.65. The number of hydrogen-bond acceptors (Lipinski definition) is 6. The number of fused-ring (bicyclic) bond motifs is 1. The van der Waals surface area contributed by atoms with Crippen LogP contribution in [0, 0.1) is 0 Å². The van der Waals surface area contributed by atoms with Crippen molar-refractivity contribution < 1.29 is 13.9 Å². The lowest BCUT2D eigenvalue weighted by atomic mass is 9.90. The smallest absolute Gasteiger partial charge is 0.313 e. The zero-order valence-electron chi connectivity index (χ0n) is 14.8. The number of methoxy groups -OCH3 is 1. The fraction of sp³-hybridized carbons (Fsp3) is 0.250. The summed E-state index contributed by atoms with van der Waals surface area (Å²) in [7, 11) is 1.42. The molecule has 0 spiro atoms. The van der Waals surface area contributed by atoms with Crippen molar-refractivity contribution in [3.63, 3.8) is 0 Å². The molecular weight excluding hydrogens is 366 g/mol. The maximum Gasteiger partial charge on any atom is 0.313 e. The van der Waals surface area contributed by atoms with Gasteiger partial charge >= 0.3 is 5.97 Å². The summed E-state index contributed by atoms with van der Waals surface area (Å²) >= 11 is 5.92. The van der Waals surface area contributed by atoms with Gasteiger partial charge in [0.25, 0.3) is 0 Å². The summed E-state index contributed by atoms with van der Waals surface area (Å²) in [4.78, 5) is 14.2. The Morgan fingerprint density at radius 1 is 1.22 bits per heavy atom. The van der Waals surface area contributed by atoms with E-state index in [0.29, 0.717) is 36.3 Å². The zero-order chi connectivity index (χ0) is 18.8. The Kier molecular flexibility index (Phi) is 4.81. The first-order valence-corrected chi connectivity index (χ1v) is 9.03. The molecule has 2 aromatic carbocycles. The summed E-state index contributed by atoms with van der Waals surface area (Å²) in [5.41, 5.74) is 2.78. The maximum absolute atomic E-state index is 12.1. The zero-order valence-corrected chi connectivity index (χ0v) is 15.5. The largest absolute Gasteiger partial charge is 0.469 e. The van der Waals surface area contributed by atoms with Crippen molar-refractivity contribution in [3.8, 4) is 11.5 Å². The second-order valence-electron chi connectivity index (χ2n) is 6.35. The fourth-order valence-electron chi connectivity index (χ4n) is 3.37. The maximum atomic E-state index is 12.1. The van der Waals surface area contributed by atoms with Gasteiger partial charge in [-0.25, -0.2) is 0 Å². The van der Waals surface area contributed by atoms with Gasteiger partial charge in [-0.05, 0) is 42.3 Å². The molecule has 0 N–H and O–H groups in total. The van der Waals surface area contributed by atoms with Crippen LogP contribution in [0.3, 0.4) is 0 Å². The number of benzene rings is 2. The lowest BCUT2D eigenvalue weighted by molar-refractivity contribution is -0.142. The monoisotopic (exact) mass is 383 g/mol. The fourth-order valence-corrected chi connectivity index (χ4v) is 3.50. The van der Waals surface area contributed by atoms with Crippen molar-refractivity contribution in [3.05, 3.63) is 65.0 Å². The van der Waals surface area contributed by atoms with E-state index in [2.05, 4.69) is 15.1 Å². The molecule has 2 heterocycles. The Bertz CT molecular complexity index is 955. The summed E-state index contributed by atoms with van der Waals surface area (Å²) < 4.78 is 10.8. The van der Waals surface area contributed by atoms with E-state index in [4.69, 9.17) is 20.8 Å². The van der Waals surface area contributed by atoms with E-state index in [1.54, 1.807) is 12.1 Å². The Labute approximate surface area is 161 Å². The SMILES string of the molecule is COC(=O)C1CCN(Cc2nnc(-c3ccc(Cl)cc3)o2)c2ccccc21. The van der Waals surface area contributed by atoms with Crippen LogP contribution in [0.25, 0.3) is 11.5 Å². The molecule has 4 rings (SSSR count). The van der Waals surface area contributed by atoms with Crippen molar-refractivity contribution >= 4 is 23.3 Å². The van der Waals surface area contributed by atoms with Crippen LogP contribution in [0.4, 0.5) is 5.69 Å². The minimum Gasteiger partial charge on any atom is -0.469 e. The summed E-state index contributed by atoms with van der Waals surface area (Å²) in [6, 6.07) is 15.1. The molecule has 0 saturated heterocycles. The topological polar surface area (TPSA) is 68.5 Å². The number of hydrogen-bond donors (Lipinski definition) is 0. The van der Waals surface area contributed by atoms with E-state index in [0.717, 1.165) is 16.8 Å². The van der Waals surface area contributed by atoms with Crippen LogP contribution >= 0.6 is 11.6 Å². The molecule has 138 valence electrons. The minimum absolute atomic E-state index is 0.204. The van der Waals surface area contributed by atoms with Gasteiger partial charge in [0, 0.05) is 22.8 Å². The van der Waals surface area contributed by atoms with E-state index in [1.165, 1.54) is 7.11 Å². The van der Waals surface area contributed by atoms with Crippen LogP contribution in [0.2, 0.25) is 5.02 Å². The number of rotatable bonds is 4. The molecule has 1 aliphatic heterocycles. The molecule has 0 saturated carbocycles. The highest BCUT2D eigenvalue weighted by molar-refractivity contribution is 6.30. The Morgan fingerprint density at radius 2 is 2.00 bits per heavy atom. The molecule has 0 amide bonds. The predicted octanol–water partition coefficient (Wildman–Crippen LogP) is 4.06. The quantitative estimate of drug-likeness (QED) is 0.633. The van der Waals surface area contributed by atoms with Gasteiger partial charge in [-0.1, -0.05) is 29.8 Å². The van der Waals surface area contributed by atoms with Gasteiger partial charge in [-0.3, -0.25) is 4.79 Å². The standard InChI is InChI=1S/C20H18ClN3O3/c1-26-20(25)16-10-11-24(17-5-3-2-4-15(16)17)12-18-22-23-19(27-18)13-6-8-14(21)9-7-13/h2-9,16H,10-12H2,1H3. The molecule has 1 atom stereocenters. The van der Waals surface area contributed by atoms with Crippen molar-refractivity contribution in [1.82, 2.24) is 10.2 Å². The molecule has 1 unspecified atom stereocenters. The van der Waals surface area contributed by atoms with Gasteiger partial charge < -0.3 is 14.1 Å². The lowest BCUT2D eigenvalue weighted by Crippen LogP contribution is -2.33. The molecular formula is C20H18ClN3O3. The first-order chi connectivity index (χ1) is 13.2. The minimum atomic E-state index is -0.241. The Morgan fingerprint density at radius 3 is 2.78 bits per heavy atom. The van der Waals surface area contributed by atoms with Gasteiger partial charge in [-0.2, -0.15) is 0 Å². The van der Waals surface area contributed by atoms with Gasteiger partial charge in [0.1, 0.15) is 0 Å². The molecule has 0 bridgehead atoms. The number of aromatic nitrogens is 2. The number of carbonyl (C=O) groups is 1. The van der Waals surface area contributed by atoms with Crippen LogP contribution in [0.5, 0.6) is 0 Å². The number of anilines is 1. The number of nitrogens with zero attached hydrogens (tertiary/aromatic N) is 3. The van der Waals surface area contributed by atoms with Gasteiger partial charge in [0.05, 0.1) is 19.6 Å². The molecule has 3 aromatic rings. The number of para-hydroxylation sites is 1. The summed E-state index contributed by atoms with van der Waals surface area (Å²) in [6.07, 6.45) is 0.682. The van der Waals surface area contributed by atoms with Gasteiger partial charge in [-0.15, -0.1) is 10.2 Å². The molecule has 0 radical (unpaired) electrons. The summed E-state index contributed by atoms with van der Waals surface area (Å²) in [5, 5.41) is 8.96. The highest BCUT2D eigenvalue weighted by Crippen LogP contribution is 2.36. The highest BCUT2D eigenvalue weighted by Gasteiger charge is 2.31. The number of esters is 1. The lowest BCUT2D eigenvalue weighted by Gasteiger charge is -2.33. The van der Waals surface area contributed by atoms with Crippen LogP contribution in [-0.2, 0) is 16.1 Å². The van der Waals surface area contributed by atoms with E-state index >= 15 is 0 Å². The molecule has 0 aliphatic carbocycles. The van der Waals surface area contributed by atoms with Crippen LogP contribution in [0.1, 0.15) is 23.8 Å². The number of carbonyl (C=O) groups excluding carboxylic acids is 1. The number of halogens is 1. The van der Waals surface area contributed by atoms with E-state index in [-0.39, 0.29) is 11.9 Å². The normalized spacial score (nSPS) is 16.1. The van der Waals surface area contributed by atoms with Crippen LogP contribution < -0.4 is 4.90 Å². The van der Waals surface area contributed by atoms with Crippen molar-refractivity contribution in [1.29, 1.82) is 0 Å². The Hall–Kier alpha value is -2.86. The molecule has 27 heavy (non-hydrogen) atoms.